The van der Waals surface area contributed by atoms with Crippen molar-refractivity contribution >= 4 is 5.91 Å². The summed E-state index contributed by atoms with van der Waals surface area (Å²) in [6, 6.07) is 14.0. The van der Waals surface area contributed by atoms with Crippen molar-refractivity contribution in [3.05, 3.63) is 59.5 Å². The Morgan fingerprint density at radius 2 is 1.84 bits per heavy atom. The Morgan fingerprint density at radius 1 is 1.03 bits per heavy atom. The number of piperazine rings is 1. The second kappa shape index (κ2) is 9.00. The van der Waals surface area contributed by atoms with Crippen LogP contribution in [0.2, 0.25) is 0 Å². The van der Waals surface area contributed by atoms with Gasteiger partial charge in [-0.3, -0.25) is 9.69 Å². The van der Waals surface area contributed by atoms with Crippen LogP contribution in [-0.2, 0) is 17.8 Å². The van der Waals surface area contributed by atoms with Crippen molar-refractivity contribution in [2.75, 3.05) is 33.0 Å². The number of aryl methyl sites for hydroxylation is 2. The number of hydrogen-bond donors (Lipinski definition) is 0. The summed E-state index contributed by atoms with van der Waals surface area (Å²) in [5.74, 6) is 2.81. The van der Waals surface area contributed by atoms with Gasteiger partial charge in [0.25, 0.3) is 0 Å². The van der Waals surface area contributed by atoms with E-state index in [1.807, 2.05) is 48.2 Å². The first-order valence-corrected chi connectivity index (χ1v) is 10.9. The molecule has 8 nitrogen and oxygen atoms in total. The Hall–Kier alpha value is -3.39. The van der Waals surface area contributed by atoms with E-state index in [1.54, 1.807) is 0 Å². The summed E-state index contributed by atoms with van der Waals surface area (Å²) in [6.45, 7) is 6.28. The van der Waals surface area contributed by atoms with Crippen molar-refractivity contribution in [1.82, 2.24) is 19.9 Å². The molecule has 0 spiro atoms. The summed E-state index contributed by atoms with van der Waals surface area (Å²) in [6.07, 6.45) is 0.826. The highest BCUT2D eigenvalue weighted by Gasteiger charge is 2.22. The molecule has 0 saturated carbocycles. The molecule has 2 aliphatic rings. The number of rotatable bonds is 6. The van der Waals surface area contributed by atoms with Crippen molar-refractivity contribution in [3.8, 4) is 22.9 Å². The van der Waals surface area contributed by atoms with Gasteiger partial charge in [-0.15, -0.1) is 0 Å². The lowest BCUT2D eigenvalue weighted by Crippen LogP contribution is -2.48. The molecule has 166 valence electrons. The highest BCUT2D eigenvalue weighted by Crippen LogP contribution is 2.32. The van der Waals surface area contributed by atoms with E-state index >= 15 is 0 Å². The molecular formula is C24H26N4O4. The summed E-state index contributed by atoms with van der Waals surface area (Å²) < 4.78 is 16.2. The Bertz CT molecular complexity index is 1100. The highest BCUT2D eigenvalue weighted by atomic mass is 16.7. The van der Waals surface area contributed by atoms with Crippen LogP contribution in [0.3, 0.4) is 0 Å². The number of aromatic nitrogens is 2. The van der Waals surface area contributed by atoms with Gasteiger partial charge >= 0.3 is 0 Å². The molecule has 0 radical (unpaired) electrons. The molecule has 0 aliphatic carbocycles. The average Bonchev–Trinajstić information content (AvgIpc) is 3.47. The lowest BCUT2D eigenvalue weighted by Gasteiger charge is -2.34. The van der Waals surface area contributed by atoms with Crippen molar-refractivity contribution < 1.29 is 18.8 Å². The van der Waals surface area contributed by atoms with Gasteiger partial charge in [-0.05, 0) is 30.2 Å². The van der Waals surface area contributed by atoms with Gasteiger partial charge in [-0.1, -0.05) is 35.5 Å². The quantitative estimate of drug-likeness (QED) is 0.590. The van der Waals surface area contributed by atoms with E-state index in [9.17, 15) is 4.79 Å². The molecule has 0 N–H and O–H groups in total. The minimum Gasteiger partial charge on any atom is -0.454 e. The smallest absolute Gasteiger partial charge is 0.231 e. The summed E-state index contributed by atoms with van der Waals surface area (Å²) in [7, 11) is 0. The van der Waals surface area contributed by atoms with Crippen LogP contribution in [0.25, 0.3) is 11.4 Å². The summed E-state index contributed by atoms with van der Waals surface area (Å²) in [5, 5.41) is 4.07. The predicted molar refractivity (Wildman–Crippen MR) is 117 cm³/mol. The Kier molecular flexibility index (Phi) is 5.77. The molecule has 2 aromatic carbocycles. The first-order valence-electron chi connectivity index (χ1n) is 10.9. The second-order valence-corrected chi connectivity index (χ2v) is 8.17. The minimum absolute atomic E-state index is 0.128. The van der Waals surface area contributed by atoms with Gasteiger partial charge in [0.2, 0.25) is 24.4 Å². The summed E-state index contributed by atoms with van der Waals surface area (Å²) in [5.41, 5.74) is 3.23. The largest absolute Gasteiger partial charge is 0.454 e. The monoisotopic (exact) mass is 434 g/mol. The van der Waals surface area contributed by atoms with E-state index in [-0.39, 0.29) is 12.7 Å². The van der Waals surface area contributed by atoms with Crippen LogP contribution in [0.1, 0.15) is 23.4 Å². The third kappa shape index (κ3) is 4.45. The van der Waals surface area contributed by atoms with Gasteiger partial charge in [0.1, 0.15) is 0 Å². The fourth-order valence-corrected chi connectivity index (χ4v) is 4.11. The topological polar surface area (TPSA) is 80.9 Å². The highest BCUT2D eigenvalue weighted by molar-refractivity contribution is 5.76. The van der Waals surface area contributed by atoms with E-state index in [0.29, 0.717) is 24.6 Å². The number of hydrogen-bond acceptors (Lipinski definition) is 7. The van der Waals surface area contributed by atoms with Gasteiger partial charge in [-0.25, -0.2) is 0 Å². The molecule has 0 atom stereocenters. The number of benzene rings is 2. The average molecular weight is 434 g/mol. The molecule has 1 aromatic heterocycles. The zero-order valence-electron chi connectivity index (χ0n) is 18.1. The van der Waals surface area contributed by atoms with Gasteiger partial charge < -0.3 is 18.9 Å². The molecular weight excluding hydrogens is 408 g/mol. The maximum Gasteiger partial charge on any atom is 0.231 e. The van der Waals surface area contributed by atoms with Gasteiger partial charge in [0.15, 0.2) is 11.5 Å². The molecule has 1 fully saturated rings. The minimum atomic E-state index is 0.128. The van der Waals surface area contributed by atoms with Crippen molar-refractivity contribution in [1.29, 1.82) is 0 Å². The Morgan fingerprint density at radius 3 is 2.69 bits per heavy atom. The lowest BCUT2D eigenvalue weighted by molar-refractivity contribution is -0.133. The van der Waals surface area contributed by atoms with Gasteiger partial charge in [-0.2, -0.15) is 4.98 Å². The van der Waals surface area contributed by atoms with Gasteiger partial charge in [0.05, 0.1) is 0 Å². The molecule has 3 aromatic rings. The number of nitrogens with zero attached hydrogens (tertiary/aromatic N) is 4. The molecule has 32 heavy (non-hydrogen) atoms. The molecule has 1 saturated heterocycles. The summed E-state index contributed by atoms with van der Waals surface area (Å²) >= 11 is 0. The van der Waals surface area contributed by atoms with Crippen molar-refractivity contribution in [2.45, 2.75) is 26.3 Å². The Balaban J connectivity index is 1.09. The molecule has 8 heteroatoms. The van der Waals surface area contributed by atoms with E-state index in [0.717, 1.165) is 55.3 Å². The SMILES string of the molecule is Cc1ccccc1-c1noc(CCC(=O)N2CCN(Cc3ccc4c(c3)OCO4)CC2)n1. The van der Waals surface area contributed by atoms with Crippen LogP contribution in [0, 0.1) is 6.92 Å². The van der Waals surface area contributed by atoms with E-state index in [1.165, 1.54) is 5.56 Å². The molecule has 0 bridgehead atoms. The van der Waals surface area contributed by atoms with Crippen LogP contribution in [0.15, 0.2) is 47.0 Å². The molecule has 0 unspecified atom stereocenters. The first kappa shape index (κ1) is 20.5. The van der Waals surface area contributed by atoms with Crippen molar-refractivity contribution in [3.63, 3.8) is 0 Å². The second-order valence-electron chi connectivity index (χ2n) is 8.17. The first-order chi connectivity index (χ1) is 15.7. The number of fused-ring (bicyclic) bond motifs is 1. The van der Waals surface area contributed by atoms with E-state index in [4.69, 9.17) is 14.0 Å². The molecule has 1 amide bonds. The van der Waals surface area contributed by atoms with Crippen LogP contribution < -0.4 is 9.47 Å². The normalized spacial score (nSPS) is 15.8. The Labute approximate surface area is 186 Å². The van der Waals surface area contributed by atoms with Crippen LogP contribution in [-0.4, -0.2) is 58.8 Å². The zero-order valence-corrected chi connectivity index (χ0v) is 18.1. The van der Waals surface area contributed by atoms with Crippen LogP contribution in [0.4, 0.5) is 0 Å². The maximum absolute atomic E-state index is 12.7. The molecule has 5 rings (SSSR count). The fourth-order valence-electron chi connectivity index (χ4n) is 4.11. The van der Waals surface area contributed by atoms with Gasteiger partial charge in [0, 0.05) is 51.1 Å². The van der Waals surface area contributed by atoms with E-state index < -0.39 is 0 Å². The number of amides is 1. The molecule has 3 heterocycles. The maximum atomic E-state index is 12.7. The van der Waals surface area contributed by atoms with Crippen LogP contribution >= 0.6 is 0 Å². The lowest BCUT2D eigenvalue weighted by atomic mass is 10.1. The third-order valence-corrected chi connectivity index (χ3v) is 5.97. The number of carbonyl (C=O) groups excluding carboxylic acids is 1. The fraction of sp³-hybridized carbons (Fsp3) is 0.375. The number of carbonyl (C=O) groups is 1. The van der Waals surface area contributed by atoms with Crippen LogP contribution in [0.5, 0.6) is 11.5 Å². The van der Waals surface area contributed by atoms with E-state index in [2.05, 4.69) is 21.1 Å². The number of ether oxygens (including phenoxy) is 2. The zero-order chi connectivity index (χ0) is 21.9. The van der Waals surface area contributed by atoms with Crippen molar-refractivity contribution in [2.24, 2.45) is 0 Å². The standard InChI is InChI=1S/C24H26N4O4/c1-17-4-2-3-5-19(17)24-25-22(32-26-24)8-9-23(29)28-12-10-27(11-13-28)15-18-6-7-20-21(14-18)31-16-30-20/h2-7,14H,8-13,15-16H2,1H3. The third-order valence-electron chi connectivity index (χ3n) is 5.97. The predicted octanol–water partition coefficient (Wildman–Crippen LogP) is 3.05. The summed E-state index contributed by atoms with van der Waals surface area (Å²) in [4.78, 5) is 21.4. The molecule has 2 aliphatic heterocycles.